The fourth-order valence-corrected chi connectivity index (χ4v) is 2.63. The molecule has 6 nitrogen and oxygen atoms in total. The molecule has 0 aromatic heterocycles. The number of aromatic carboxylic acids is 2. The van der Waals surface area contributed by atoms with Crippen molar-refractivity contribution in [1.82, 2.24) is 0 Å². The van der Waals surface area contributed by atoms with Gasteiger partial charge in [0.25, 0.3) is 0 Å². The second-order valence-electron chi connectivity index (χ2n) is 4.12. The Kier molecular flexibility index (Phi) is 4.04. The lowest BCUT2D eigenvalue weighted by Crippen LogP contribution is -2.12. The van der Waals surface area contributed by atoms with Crippen LogP contribution in [0, 0.1) is 0 Å². The van der Waals surface area contributed by atoms with Crippen molar-refractivity contribution in [2.75, 3.05) is 0 Å². The van der Waals surface area contributed by atoms with Crippen LogP contribution in [0.1, 0.15) is 20.7 Å². The summed E-state index contributed by atoms with van der Waals surface area (Å²) in [4.78, 5) is 22.2. The molecule has 0 saturated heterocycles. The van der Waals surface area contributed by atoms with E-state index >= 15 is 0 Å². The second kappa shape index (κ2) is 5.76. The summed E-state index contributed by atoms with van der Waals surface area (Å²) < 4.78 is 22.3. The van der Waals surface area contributed by atoms with Gasteiger partial charge in [-0.1, -0.05) is 36.4 Å². The predicted octanol–water partition coefficient (Wildman–Crippen LogP) is 1.72. The fourth-order valence-electron chi connectivity index (χ4n) is 2.04. The van der Waals surface area contributed by atoms with Crippen LogP contribution in [0.25, 0.3) is 11.1 Å². The van der Waals surface area contributed by atoms with E-state index in [9.17, 15) is 28.2 Å². The van der Waals surface area contributed by atoms with Gasteiger partial charge in [-0.05, 0) is 17.2 Å². The first-order valence-electron chi connectivity index (χ1n) is 5.77. The van der Waals surface area contributed by atoms with Crippen molar-refractivity contribution in [3.63, 3.8) is 0 Å². The summed E-state index contributed by atoms with van der Waals surface area (Å²) in [5.41, 5.74) is -0.614. The van der Waals surface area contributed by atoms with E-state index in [0.717, 1.165) is 6.07 Å². The number of thiol groups is 1. The van der Waals surface area contributed by atoms with Gasteiger partial charge in [-0.2, -0.15) is 0 Å². The van der Waals surface area contributed by atoms with Gasteiger partial charge in [-0.3, -0.25) is 0 Å². The van der Waals surface area contributed by atoms with Crippen LogP contribution in [0.4, 0.5) is 0 Å². The highest BCUT2D eigenvalue weighted by molar-refractivity contribution is 7.72. The van der Waals surface area contributed by atoms with Gasteiger partial charge in [0.05, 0.1) is 16.0 Å². The van der Waals surface area contributed by atoms with Crippen LogP contribution in [-0.4, -0.2) is 30.6 Å². The van der Waals surface area contributed by atoms with Crippen molar-refractivity contribution in [2.24, 2.45) is 0 Å². The Morgan fingerprint density at radius 2 is 1.38 bits per heavy atom. The number of carboxylic acid groups (broad SMARTS) is 2. The third kappa shape index (κ3) is 2.77. The Bertz CT molecular complexity index is 785. The predicted molar refractivity (Wildman–Crippen MR) is 74.4 cm³/mol. The van der Waals surface area contributed by atoms with Crippen molar-refractivity contribution in [3.8, 4) is 11.1 Å². The maximum Gasteiger partial charge on any atom is 0.337 e. The molecule has 0 spiro atoms. The average Bonchev–Trinajstić information content (AvgIpc) is 2.46. The SMILES string of the molecule is O=C(O)c1c(-c2ccccc2)ccc([SH](=O)=O)c1C(=O)O. The lowest BCUT2D eigenvalue weighted by Gasteiger charge is -2.11. The zero-order valence-corrected chi connectivity index (χ0v) is 11.4. The quantitative estimate of drug-likeness (QED) is 0.742. The Morgan fingerprint density at radius 3 is 1.86 bits per heavy atom. The number of carboxylic acids is 2. The minimum atomic E-state index is -3.22. The largest absolute Gasteiger partial charge is 0.478 e. The van der Waals surface area contributed by atoms with E-state index in [1.54, 1.807) is 30.3 Å². The summed E-state index contributed by atoms with van der Waals surface area (Å²) in [5, 5.41) is 18.5. The minimum Gasteiger partial charge on any atom is -0.478 e. The van der Waals surface area contributed by atoms with Crippen molar-refractivity contribution < 1.29 is 28.2 Å². The van der Waals surface area contributed by atoms with Crippen LogP contribution in [0.3, 0.4) is 0 Å². The lowest BCUT2D eigenvalue weighted by molar-refractivity contribution is 0.0649. The average molecular weight is 306 g/mol. The number of rotatable bonds is 4. The van der Waals surface area contributed by atoms with Gasteiger partial charge >= 0.3 is 11.9 Å². The summed E-state index contributed by atoms with van der Waals surface area (Å²) in [6, 6.07) is 10.7. The fraction of sp³-hybridized carbons (Fsp3) is 0. The molecule has 0 saturated carbocycles. The van der Waals surface area contributed by atoms with E-state index < -0.39 is 38.7 Å². The zero-order chi connectivity index (χ0) is 15.6. The molecule has 2 aromatic rings. The molecule has 21 heavy (non-hydrogen) atoms. The van der Waals surface area contributed by atoms with E-state index in [1.165, 1.54) is 6.07 Å². The van der Waals surface area contributed by atoms with Crippen molar-refractivity contribution >= 4 is 22.6 Å². The molecule has 0 fully saturated rings. The van der Waals surface area contributed by atoms with E-state index in [1.807, 2.05) is 0 Å². The number of benzene rings is 2. The number of hydrogen-bond acceptors (Lipinski definition) is 4. The number of carbonyl (C=O) groups is 2. The summed E-state index contributed by atoms with van der Waals surface area (Å²) in [5.74, 6) is -3.09. The van der Waals surface area contributed by atoms with E-state index in [-0.39, 0.29) is 5.56 Å². The van der Waals surface area contributed by atoms with Gasteiger partial charge in [-0.25, -0.2) is 18.0 Å². The molecule has 0 aliphatic carbocycles. The highest BCUT2D eigenvalue weighted by atomic mass is 32.2. The normalized spacial score (nSPS) is 10.5. The van der Waals surface area contributed by atoms with Crippen LogP contribution in [0.5, 0.6) is 0 Å². The summed E-state index contributed by atoms with van der Waals surface area (Å²) in [7, 11) is -3.22. The van der Waals surface area contributed by atoms with Crippen LogP contribution in [0.15, 0.2) is 47.4 Å². The Morgan fingerprint density at radius 1 is 0.810 bits per heavy atom. The lowest BCUT2D eigenvalue weighted by atomic mass is 9.95. The molecule has 0 aliphatic heterocycles. The molecule has 0 aliphatic rings. The van der Waals surface area contributed by atoms with Gasteiger partial charge in [0.1, 0.15) is 0 Å². The third-order valence-corrected chi connectivity index (χ3v) is 3.66. The van der Waals surface area contributed by atoms with Crippen molar-refractivity contribution in [3.05, 3.63) is 53.6 Å². The summed E-state index contributed by atoms with van der Waals surface area (Å²) >= 11 is 0. The van der Waals surface area contributed by atoms with Gasteiger partial charge in [0, 0.05) is 0 Å². The van der Waals surface area contributed by atoms with E-state index in [0.29, 0.717) is 5.56 Å². The number of hydrogen-bond donors (Lipinski definition) is 3. The van der Waals surface area contributed by atoms with Gasteiger partial charge in [-0.15, -0.1) is 0 Å². The van der Waals surface area contributed by atoms with Crippen LogP contribution in [0.2, 0.25) is 0 Å². The first-order chi connectivity index (χ1) is 9.93. The van der Waals surface area contributed by atoms with Gasteiger partial charge in [0.2, 0.25) is 0 Å². The topological polar surface area (TPSA) is 109 Å². The Balaban J connectivity index is 2.89. The highest BCUT2D eigenvalue weighted by Gasteiger charge is 2.25. The highest BCUT2D eigenvalue weighted by Crippen LogP contribution is 2.29. The molecule has 7 heteroatoms. The molecule has 0 atom stereocenters. The summed E-state index contributed by atoms with van der Waals surface area (Å²) in [6.07, 6.45) is 0. The Hall–Kier alpha value is -2.67. The standard InChI is InChI=1S/C14H10O6S/c15-13(16)11-9(8-4-2-1-3-5-8)6-7-10(21(19)20)12(11)14(17)18/h1-7,21H,(H,15,16)(H,17,18). The smallest absolute Gasteiger partial charge is 0.337 e. The molecule has 2 aromatic carbocycles. The molecule has 0 radical (unpaired) electrons. The molecule has 0 bridgehead atoms. The maximum absolute atomic E-state index is 11.4. The second-order valence-corrected chi connectivity index (χ2v) is 5.11. The maximum atomic E-state index is 11.4. The zero-order valence-electron chi connectivity index (χ0n) is 10.5. The van der Waals surface area contributed by atoms with Gasteiger partial charge < -0.3 is 10.2 Å². The van der Waals surface area contributed by atoms with Crippen molar-refractivity contribution in [1.29, 1.82) is 0 Å². The minimum absolute atomic E-state index is 0.154. The molecule has 108 valence electrons. The molecule has 0 unspecified atom stereocenters. The molecule has 0 amide bonds. The monoisotopic (exact) mass is 306 g/mol. The Labute approximate surface area is 121 Å². The van der Waals surface area contributed by atoms with Crippen molar-refractivity contribution in [2.45, 2.75) is 4.90 Å². The molecule has 2 rings (SSSR count). The summed E-state index contributed by atoms with van der Waals surface area (Å²) in [6.45, 7) is 0. The first-order valence-corrected chi connectivity index (χ1v) is 6.94. The molecular weight excluding hydrogens is 296 g/mol. The molecule has 0 heterocycles. The first kappa shape index (κ1) is 14.7. The van der Waals surface area contributed by atoms with E-state index in [4.69, 9.17) is 0 Å². The third-order valence-electron chi connectivity index (χ3n) is 2.89. The van der Waals surface area contributed by atoms with Crippen LogP contribution >= 0.6 is 0 Å². The van der Waals surface area contributed by atoms with Crippen LogP contribution < -0.4 is 0 Å². The van der Waals surface area contributed by atoms with Crippen LogP contribution in [-0.2, 0) is 10.7 Å². The molecule has 2 N–H and O–H groups in total. The van der Waals surface area contributed by atoms with Gasteiger partial charge in [0.15, 0.2) is 10.7 Å². The molecular formula is C14H10O6S. The van der Waals surface area contributed by atoms with E-state index in [2.05, 4.69) is 0 Å².